The summed E-state index contributed by atoms with van der Waals surface area (Å²) in [5, 5.41) is 0.346. The van der Waals surface area contributed by atoms with Crippen molar-refractivity contribution in [3.05, 3.63) is 0 Å². The van der Waals surface area contributed by atoms with Gasteiger partial charge >= 0.3 is 0 Å². The van der Waals surface area contributed by atoms with E-state index < -0.39 is 0 Å². The lowest BCUT2D eigenvalue weighted by Gasteiger charge is -2.04. The summed E-state index contributed by atoms with van der Waals surface area (Å²) >= 11 is 5.95. The van der Waals surface area contributed by atoms with E-state index in [0.717, 1.165) is 25.7 Å². The minimum Gasteiger partial charge on any atom is -0.123 e. The summed E-state index contributed by atoms with van der Waals surface area (Å²) in [6.07, 6.45) is 10.4. The first-order valence-corrected chi connectivity index (χ1v) is 4.32. The molecule has 0 aliphatic carbocycles. The third-order valence-electron chi connectivity index (χ3n) is 1.44. The van der Waals surface area contributed by atoms with Gasteiger partial charge in [0.2, 0.25) is 0 Å². The van der Waals surface area contributed by atoms with Crippen molar-refractivity contribution in [2.75, 3.05) is 0 Å². The normalized spacial score (nSPS) is 12.5. The molecule has 0 heterocycles. The van der Waals surface area contributed by atoms with E-state index in [4.69, 9.17) is 18.0 Å². The molecule has 0 aromatic heterocycles. The Bertz CT molecular complexity index is 102. The van der Waals surface area contributed by atoms with Crippen LogP contribution < -0.4 is 0 Å². The van der Waals surface area contributed by atoms with E-state index in [1.807, 2.05) is 0 Å². The molecule has 0 aliphatic rings. The van der Waals surface area contributed by atoms with E-state index in [1.54, 1.807) is 0 Å². The number of alkyl halides is 1. The SMILES string of the molecule is C#CCCCC(Cl)CCC. The summed E-state index contributed by atoms with van der Waals surface area (Å²) in [6, 6.07) is 0. The molecule has 0 aromatic rings. The standard InChI is InChI=1S/C9H15Cl/c1-3-5-6-8-9(10)7-4-2/h1,9H,4-8H2,2H3. The smallest absolute Gasteiger partial charge is 0.0336 e. The fourth-order valence-corrected chi connectivity index (χ4v) is 1.26. The minimum absolute atomic E-state index is 0.346. The van der Waals surface area contributed by atoms with Gasteiger partial charge in [0.15, 0.2) is 0 Å². The van der Waals surface area contributed by atoms with Crippen LogP contribution in [-0.4, -0.2) is 5.38 Å². The number of halogens is 1. The van der Waals surface area contributed by atoms with Crippen molar-refractivity contribution in [1.82, 2.24) is 0 Å². The highest BCUT2D eigenvalue weighted by Crippen LogP contribution is 2.12. The number of terminal acetylenes is 1. The molecule has 1 unspecified atom stereocenters. The first kappa shape index (κ1) is 9.85. The second-order valence-electron chi connectivity index (χ2n) is 2.48. The van der Waals surface area contributed by atoms with Gasteiger partial charge in [0.05, 0.1) is 0 Å². The van der Waals surface area contributed by atoms with Crippen molar-refractivity contribution in [3.8, 4) is 12.3 Å². The lowest BCUT2D eigenvalue weighted by Crippen LogP contribution is -1.96. The molecule has 0 radical (unpaired) electrons. The van der Waals surface area contributed by atoms with E-state index in [9.17, 15) is 0 Å². The summed E-state index contributed by atoms with van der Waals surface area (Å²) in [6.45, 7) is 2.15. The molecular formula is C9H15Cl. The van der Waals surface area contributed by atoms with E-state index in [-0.39, 0.29) is 0 Å². The van der Waals surface area contributed by atoms with Crippen LogP contribution in [0.4, 0.5) is 0 Å². The highest BCUT2D eigenvalue weighted by molar-refractivity contribution is 6.20. The van der Waals surface area contributed by atoms with Gasteiger partial charge in [0.1, 0.15) is 0 Å². The van der Waals surface area contributed by atoms with Crippen LogP contribution in [0.5, 0.6) is 0 Å². The molecule has 0 spiro atoms. The molecule has 10 heavy (non-hydrogen) atoms. The van der Waals surface area contributed by atoms with Gasteiger partial charge in [-0.15, -0.1) is 23.9 Å². The van der Waals surface area contributed by atoms with Crippen molar-refractivity contribution >= 4 is 11.6 Å². The van der Waals surface area contributed by atoms with Gasteiger partial charge in [-0.1, -0.05) is 13.3 Å². The predicted molar refractivity (Wildman–Crippen MR) is 47.2 cm³/mol. The van der Waals surface area contributed by atoms with Crippen LogP contribution in [-0.2, 0) is 0 Å². The predicted octanol–water partition coefficient (Wildman–Crippen LogP) is 3.20. The lowest BCUT2D eigenvalue weighted by atomic mass is 10.1. The molecule has 0 bridgehead atoms. The first-order chi connectivity index (χ1) is 4.81. The van der Waals surface area contributed by atoms with Crippen molar-refractivity contribution in [2.45, 2.75) is 44.4 Å². The molecule has 0 N–H and O–H groups in total. The highest BCUT2D eigenvalue weighted by Gasteiger charge is 2.00. The van der Waals surface area contributed by atoms with Crippen LogP contribution in [0.25, 0.3) is 0 Å². The van der Waals surface area contributed by atoms with E-state index in [2.05, 4.69) is 12.8 Å². The molecule has 0 aromatic carbocycles. The van der Waals surface area contributed by atoms with Crippen molar-refractivity contribution in [1.29, 1.82) is 0 Å². The van der Waals surface area contributed by atoms with E-state index in [1.165, 1.54) is 6.42 Å². The maximum absolute atomic E-state index is 5.95. The summed E-state index contributed by atoms with van der Waals surface area (Å²) in [5.41, 5.74) is 0. The van der Waals surface area contributed by atoms with Crippen LogP contribution in [0.15, 0.2) is 0 Å². The second-order valence-corrected chi connectivity index (χ2v) is 3.10. The van der Waals surface area contributed by atoms with E-state index in [0.29, 0.717) is 5.38 Å². The van der Waals surface area contributed by atoms with Gasteiger partial charge in [-0.3, -0.25) is 0 Å². The van der Waals surface area contributed by atoms with E-state index >= 15 is 0 Å². The third kappa shape index (κ3) is 5.98. The summed E-state index contributed by atoms with van der Waals surface area (Å²) in [4.78, 5) is 0. The summed E-state index contributed by atoms with van der Waals surface area (Å²) in [7, 11) is 0. The average Bonchev–Trinajstić information content (AvgIpc) is 1.89. The Labute approximate surface area is 69.0 Å². The molecular weight excluding hydrogens is 144 g/mol. The Morgan fingerprint density at radius 2 is 2.20 bits per heavy atom. The third-order valence-corrected chi connectivity index (χ3v) is 1.88. The maximum atomic E-state index is 5.95. The van der Waals surface area contributed by atoms with Crippen molar-refractivity contribution in [3.63, 3.8) is 0 Å². The molecule has 0 saturated carbocycles. The molecule has 0 nitrogen and oxygen atoms in total. The number of hydrogen-bond donors (Lipinski definition) is 0. The zero-order valence-electron chi connectivity index (χ0n) is 6.57. The van der Waals surface area contributed by atoms with Crippen LogP contribution in [0.3, 0.4) is 0 Å². The molecule has 0 saturated heterocycles. The topological polar surface area (TPSA) is 0 Å². The van der Waals surface area contributed by atoms with Crippen LogP contribution in [0, 0.1) is 12.3 Å². The largest absolute Gasteiger partial charge is 0.123 e. The molecule has 1 heteroatoms. The highest BCUT2D eigenvalue weighted by atomic mass is 35.5. The quantitative estimate of drug-likeness (QED) is 0.328. The maximum Gasteiger partial charge on any atom is 0.0336 e. The molecule has 58 valence electrons. The monoisotopic (exact) mass is 158 g/mol. The Morgan fingerprint density at radius 3 is 2.70 bits per heavy atom. The van der Waals surface area contributed by atoms with Crippen molar-refractivity contribution in [2.24, 2.45) is 0 Å². The molecule has 0 fully saturated rings. The van der Waals surface area contributed by atoms with Gasteiger partial charge in [-0.25, -0.2) is 0 Å². The summed E-state index contributed by atoms with van der Waals surface area (Å²) in [5.74, 6) is 2.61. The Hall–Kier alpha value is -0.150. The lowest BCUT2D eigenvalue weighted by molar-refractivity contribution is 0.649. The fraction of sp³-hybridized carbons (Fsp3) is 0.778. The summed E-state index contributed by atoms with van der Waals surface area (Å²) < 4.78 is 0. The molecule has 0 aliphatic heterocycles. The van der Waals surface area contributed by atoms with Gasteiger partial charge in [-0.2, -0.15) is 0 Å². The number of hydrogen-bond acceptors (Lipinski definition) is 0. The van der Waals surface area contributed by atoms with Gasteiger partial charge < -0.3 is 0 Å². The van der Waals surface area contributed by atoms with Gasteiger partial charge in [0.25, 0.3) is 0 Å². The zero-order chi connectivity index (χ0) is 7.82. The van der Waals surface area contributed by atoms with Crippen LogP contribution in [0.1, 0.15) is 39.0 Å². The molecule has 0 rings (SSSR count). The Kier molecular flexibility index (Phi) is 6.86. The average molecular weight is 159 g/mol. The van der Waals surface area contributed by atoms with Gasteiger partial charge in [0, 0.05) is 11.8 Å². The molecule has 0 amide bonds. The first-order valence-electron chi connectivity index (χ1n) is 3.88. The fourth-order valence-electron chi connectivity index (χ4n) is 0.883. The van der Waals surface area contributed by atoms with Gasteiger partial charge in [-0.05, 0) is 19.3 Å². The Balaban J connectivity index is 3.06. The van der Waals surface area contributed by atoms with Crippen molar-refractivity contribution < 1.29 is 0 Å². The van der Waals surface area contributed by atoms with Crippen LogP contribution >= 0.6 is 11.6 Å². The minimum atomic E-state index is 0.346. The second kappa shape index (κ2) is 6.96. The number of unbranched alkanes of at least 4 members (excludes halogenated alkanes) is 1. The zero-order valence-corrected chi connectivity index (χ0v) is 7.32. The Morgan fingerprint density at radius 1 is 1.50 bits per heavy atom. The van der Waals surface area contributed by atoms with Crippen LogP contribution in [0.2, 0.25) is 0 Å². The molecule has 1 atom stereocenters. The number of rotatable bonds is 5.